The van der Waals surface area contributed by atoms with Gasteiger partial charge >= 0.3 is 0 Å². The van der Waals surface area contributed by atoms with Crippen molar-refractivity contribution in [3.63, 3.8) is 0 Å². The molecule has 1 saturated carbocycles. The van der Waals surface area contributed by atoms with Gasteiger partial charge in [0.1, 0.15) is 0 Å². The van der Waals surface area contributed by atoms with E-state index in [0.717, 1.165) is 195 Å². The molecule has 1 atom stereocenters. The monoisotopic (exact) mass is 1960 g/mol. The number of rotatable bonds is 9. The zero-order valence-corrected chi connectivity index (χ0v) is 95.7. The third-order valence-electron chi connectivity index (χ3n) is 31.2. The van der Waals surface area contributed by atoms with Crippen molar-refractivity contribution in [1.29, 1.82) is 0 Å². The van der Waals surface area contributed by atoms with Gasteiger partial charge in [-0.15, -0.1) is 0 Å². The van der Waals surface area contributed by atoms with Gasteiger partial charge in [0.2, 0.25) is 0 Å². The van der Waals surface area contributed by atoms with Gasteiger partial charge in [0.15, 0.2) is 7.14 Å². The summed E-state index contributed by atoms with van der Waals surface area (Å²) in [6, 6.07) is 74.5. The summed E-state index contributed by atoms with van der Waals surface area (Å²) in [5.41, 5.74) is 41.8. The fourth-order valence-corrected chi connectivity index (χ4v) is 25.4. The molecule has 4 N–H and O–H groups in total. The molecule has 147 heavy (non-hydrogen) atoms. The summed E-state index contributed by atoms with van der Waals surface area (Å²) in [5.74, 6) is 0. The lowest BCUT2D eigenvalue weighted by molar-refractivity contribution is 0.568. The van der Waals surface area contributed by atoms with E-state index in [1.165, 1.54) is 66.8 Å². The molecule has 10 heteroatoms. The largest absolute Gasteiger partial charge is 0.355 e. The van der Waals surface area contributed by atoms with Crippen LogP contribution in [0.15, 0.2) is 211 Å². The molecule has 1 aliphatic carbocycles. The van der Waals surface area contributed by atoms with E-state index in [-0.39, 0.29) is 65.0 Å². The minimum absolute atomic E-state index is 0.195. The van der Waals surface area contributed by atoms with E-state index in [2.05, 4.69) is 506 Å². The quantitative estimate of drug-likeness (QED) is 0.107. The smallest absolute Gasteiger partial charge is 0.172 e. The second-order valence-corrected chi connectivity index (χ2v) is 58.0. The molecule has 9 nitrogen and oxygen atoms in total. The first-order valence-corrected chi connectivity index (χ1v) is 55.4. The summed E-state index contributed by atoms with van der Waals surface area (Å²) in [5, 5.41) is 2.39. The Hall–Kier alpha value is -12.6. The molecule has 1 fully saturated rings. The topological polar surface area (TPSA) is 132 Å². The normalized spacial score (nSPS) is 15.8. The number of H-pyrrole nitrogens is 4. The molecule has 19 rings (SSSR count). The van der Waals surface area contributed by atoms with Gasteiger partial charge in [-0.2, -0.15) is 0 Å². The number of benzene rings is 7. The zero-order valence-electron chi connectivity index (χ0n) is 94.8. The predicted octanol–water partition coefficient (Wildman–Crippen LogP) is 38.1. The molecule has 16 bridgehead atoms. The maximum Gasteiger partial charge on any atom is 0.172 e. The molecule has 0 radical (unpaired) electrons. The van der Waals surface area contributed by atoms with E-state index in [9.17, 15) is 0 Å². The van der Waals surface area contributed by atoms with E-state index in [1.54, 1.807) is 0 Å². The fourth-order valence-electron chi connectivity index (χ4n) is 21.8. The summed E-state index contributed by atoms with van der Waals surface area (Å²) >= 11 is 0. The van der Waals surface area contributed by atoms with Crippen molar-refractivity contribution in [2.75, 3.05) is 0 Å². The number of nitrogens with one attached hydrogen (secondary N) is 4. The molecule has 6 aliphatic rings. The Balaban J connectivity index is 0.971. The van der Waals surface area contributed by atoms with Gasteiger partial charge in [-0.3, -0.25) is 0 Å². The van der Waals surface area contributed by atoms with Crippen LogP contribution >= 0.6 is 7.14 Å². The van der Waals surface area contributed by atoms with Crippen LogP contribution in [0.1, 0.15) is 386 Å². The van der Waals surface area contributed by atoms with Crippen molar-refractivity contribution in [3.05, 3.63) is 328 Å². The molecule has 0 amide bonds. The van der Waals surface area contributed by atoms with Gasteiger partial charge in [0, 0.05) is 105 Å². The van der Waals surface area contributed by atoms with Crippen LogP contribution in [-0.2, 0) is 69.5 Å². The predicted molar refractivity (Wildman–Crippen MR) is 635 cm³/mol. The number of hydrogen-bond acceptors (Lipinski definition) is 5. The van der Waals surface area contributed by atoms with E-state index in [0.29, 0.717) is 18.5 Å². The van der Waals surface area contributed by atoms with Gasteiger partial charge in [-0.05, 0) is 293 Å². The van der Waals surface area contributed by atoms with Gasteiger partial charge in [0.05, 0.1) is 45.6 Å². The van der Waals surface area contributed by atoms with Crippen LogP contribution in [0.4, 0.5) is 0 Å². The van der Waals surface area contributed by atoms with Crippen LogP contribution in [0.2, 0.25) is 0 Å². The molecular formula is C137H157N8OP. The Bertz CT molecular complexity index is 8080. The highest BCUT2D eigenvalue weighted by Gasteiger charge is 2.50. The summed E-state index contributed by atoms with van der Waals surface area (Å²) in [6.07, 6.45) is 18.0. The Morgan fingerprint density at radius 2 is 0.503 bits per heavy atom. The lowest BCUT2D eigenvalue weighted by Gasteiger charge is -2.26. The van der Waals surface area contributed by atoms with Crippen molar-refractivity contribution < 1.29 is 4.57 Å². The zero-order chi connectivity index (χ0) is 106. The summed E-state index contributed by atoms with van der Waals surface area (Å²) in [7, 11) is -4.18. The van der Waals surface area contributed by atoms with Crippen LogP contribution < -0.4 is 5.30 Å². The minimum atomic E-state index is -4.18. The van der Waals surface area contributed by atoms with E-state index in [4.69, 9.17) is 19.9 Å². The maximum atomic E-state index is 20.0. The Morgan fingerprint density at radius 3 is 0.816 bits per heavy atom. The van der Waals surface area contributed by atoms with Gasteiger partial charge in [-0.1, -0.05) is 389 Å². The second kappa shape index (κ2) is 35.6. The van der Waals surface area contributed by atoms with Crippen molar-refractivity contribution in [2.24, 2.45) is 0 Å². The highest BCUT2D eigenvalue weighted by atomic mass is 31.2. The minimum Gasteiger partial charge on any atom is -0.355 e. The molecule has 13 aromatic rings. The molecule has 6 aromatic heterocycles. The molecular weight excluding hydrogens is 1800 g/mol. The van der Waals surface area contributed by atoms with E-state index >= 15 is 4.57 Å². The average Bonchev–Trinajstić information content (AvgIpc) is 1.53. The first-order chi connectivity index (χ1) is 68.2. The van der Waals surface area contributed by atoms with Crippen LogP contribution in [0.3, 0.4) is 0 Å². The third kappa shape index (κ3) is 19.8. The summed E-state index contributed by atoms with van der Waals surface area (Å²) in [6.45, 7) is 83.8. The Kier molecular flexibility index (Phi) is 24.9. The summed E-state index contributed by atoms with van der Waals surface area (Å²) in [4.78, 5) is 41.4. The van der Waals surface area contributed by atoms with Crippen molar-refractivity contribution in [1.82, 2.24) is 39.9 Å². The fraction of sp³-hybridized carbons (Fsp3) is 0.372. The molecule has 0 saturated heterocycles. The Morgan fingerprint density at radius 1 is 0.238 bits per heavy atom. The van der Waals surface area contributed by atoms with Crippen molar-refractivity contribution in [2.45, 2.75) is 333 Å². The van der Waals surface area contributed by atoms with E-state index < -0.39 is 7.14 Å². The Labute approximate surface area is 877 Å². The lowest BCUT2D eigenvalue weighted by atomic mass is 9.78. The average molecular weight is 1960 g/mol. The maximum absolute atomic E-state index is 20.0. The number of nitrogens with zero attached hydrogens (tertiary/aromatic N) is 4. The second-order valence-electron chi connectivity index (χ2n) is 55.3. The number of fused-ring (bicyclic) bond motifs is 17. The van der Waals surface area contributed by atoms with Crippen LogP contribution in [-0.4, -0.2) is 39.9 Å². The highest BCUT2D eigenvalue weighted by Crippen LogP contribution is 2.76. The van der Waals surface area contributed by atoms with Crippen molar-refractivity contribution >= 4 is 110 Å². The number of hydrogen-bond donors (Lipinski definition) is 4. The molecule has 11 heterocycles. The molecule has 756 valence electrons. The third-order valence-corrected chi connectivity index (χ3v) is 34.5. The van der Waals surface area contributed by atoms with Crippen LogP contribution in [0, 0.1) is 0 Å². The first-order valence-electron chi connectivity index (χ1n) is 53.7. The number of allylic oxidation sites excluding steroid dienone is 4. The van der Waals surface area contributed by atoms with Gasteiger partial charge in [0.25, 0.3) is 0 Å². The number of aromatic nitrogens is 8. The molecule has 5 aliphatic heterocycles. The van der Waals surface area contributed by atoms with Crippen molar-refractivity contribution in [3.8, 4) is 66.8 Å². The molecule has 0 spiro atoms. The molecule has 7 aromatic carbocycles. The summed E-state index contributed by atoms with van der Waals surface area (Å²) < 4.78 is 20.0. The van der Waals surface area contributed by atoms with Crippen LogP contribution in [0.25, 0.3) is 164 Å². The SMILES string of the molecule is CC(C)(C)c1cc(-c2c3nc(c(-c4cc(C(C)(C)C)cc(C(C)(C)C)c4)c4ccc([nH]4)c(-c4cc(C(C)(C)C)cc(C(C)(C)C)c4)c4nc(cc5ccc2[nH]5)C(C2=C5CCCC5=C(c5cc6[nH]c5cc5nc(c(-c7cc(C(C)(C)C)cc(C(C)(C)C)c7)c7ccc([nH]7)c(-c7cc(C(C)(C)C)cc(C(C)(C)C)c7)c7nc(c6-c6cc(C(C)(C)C)cc(C(C)(C)C)c6)C=C7)C=C5)P2(=O)c2ccccc2)=C4)C=C3)cc(C(C)(C)C)c1. The first kappa shape index (κ1) is 103. The van der Waals surface area contributed by atoms with E-state index in [1.807, 2.05) is 0 Å². The van der Waals surface area contributed by atoms with Gasteiger partial charge < -0.3 is 24.5 Å². The number of aromatic amines is 4. The lowest BCUT2D eigenvalue weighted by Crippen LogP contribution is -2.16. The van der Waals surface area contributed by atoms with Gasteiger partial charge in [-0.25, -0.2) is 19.9 Å². The highest BCUT2D eigenvalue weighted by molar-refractivity contribution is 7.86. The standard InChI is InChI=1S/C137H157N8OP/c1-126(2,3)85-57-79(58-86(69-85)127(4,5)6)118-104-47-45-97(138-104)75-114-102(77-116(144-114)122(83-65-93(134(25,26)27)73-94(66-83)135(28,29)30)112-55-53-110(142-112)120(108-51-49-106(118)140-108)81-61-89(130(13,14)15)71-90(62-81)131(16,17)18)124-100-43-40-44-101(100)125(147(124,146)99-41-38-37-39-42-99)103-78-117-123(84-67-95(136(31,32)33)74-96(68-84)137(34,35)36)113-56-54-111(143-113)121(82-63-91(132(19,20)21)72-92(64-82)133(22,23)24)109-52-50-107(141-109)119(105-48-46-98(139-105)76-115(103)145-117)80-59-87(128(7,8)9)70-88(60-80)129(10,11)12/h37-39,41-42,45-78,138,141-142,145H,40,43-44H2,1-36H3. The molecule has 1 unspecified atom stereocenters. The van der Waals surface area contributed by atoms with Crippen LogP contribution in [0.5, 0.6) is 0 Å².